The molecule has 1 heterocycles. The molecule has 6 nitrogen and oxygen atoms in total. The molecule has 0 unspecified atom stereocenters. The van der Waals surface area contributed by atoms with E-state index in [0.29, 0.717) is 27.2 Å². The van der Waals surface area contributed by atoms with E-state index in [4.69, 9.17) is 11.6 Å². The number of anilines is 1. The highest BCUT2D eigenvalue weighted by Gasteiger charge is 2.17. The normalized spacial score (nSPS) is 10.8. The SMILES string of the molecule is O=C(Nc1cccc2c1cnn2C(=O)c1ccccc1)c1cc(Cl)ccc1O. The monoisotopic (exact) mass is 391 g/mol. The minimum Gasteiger partial charge on any atom is -0.507 e. The van der Waals surface area contributed by atoms with E-state index in [0.717, 1.165) is 0 Å². The number of rotatable bonds is 3. The molecule has 0 spiro atoms. The Kier molecular flexibility index (Phi) is 4.55. The summed E-state index contributed by atoms with van der Waals surface area (Å²) in [7, 11) is 0. The van der Waals surface area contributed by atoms with Gasteiger partial charge in [-0.25, -0.2) is 0 Å². The molecular weight excluding hydrogens is 378 g/mol. The van der Waals surface area contributed by atoms with Gasteiger partial charge >= 0.3 is 0 Å². The number of phenols is 1. The zero-order valence-corrected chi connectivity index (χ0v) is 15.2. The molecule has 4 rings (SSSR count). The molecule has 0 atom stereocenters. The first kappa shape index (κ1) is 17.8. The molecular formula is C21H14ClN3O3. The number of amides is 1. The average Bonchev–Trinajstić information content (AvgIpc) is 3.15. The van der Waals surface area contributed by atoms with Crippen LogP contribution in [0.15, 0.2) is 72.9 Å². The average molecular weight is 392 g/mol. The molecule has 138 valence electrons. The van der Waals surface area contributed by atoms with Gasteiger partial charge < -0.3 is 10.4 Å². The summed E-state index contributed by atoms with van der Waals surface area (Å²) in [6.07, 6.45) is 1.52. The van der Waals surface area contributed by atoms with Crippen molar-refractivity contribution >= 4 is 40.0 Å². The summed E-state index contributed by atoms with van der Waals surface area (Å²) in [4.78, 5) is 25.3. The minimum absolute atomic E-state index is 0.0530. The number of carbonyl (C=O) groups is 2. The number of benzene rings is 3. The second-order valence-corrected chi connectivity index (χ2v) is 6.52. The first-order valence-corrected chi connectivity index (χ1v) is 8.79. The van der Waals surface area contributed by atoms with Gasteiger partial charge in [0.25, 0.3) is 11.8 Å². The number of nitrogens with one attached hydrogen (secondary N) is 1. The zero-order valence-electron chi connectivity index (χ0n) is 14.5. The van der Waals surface area contributed by atoms with Gasteiger partial charge in [-0.2, -0.15) is 9.78 Å². The van der Waals surface area contributed by atoms with Crippen molar-refractivity contribution in [2.75, 3.05) is 5.32 Å². The van der Waals surface area contributed by atoms with E-state index in [2.05, 4.69) is 10.4 Å². The largest absolute Gasteiger partial charge is 0.507 e. The number of carbonyl (C=O) groups excluding carboxylic acids is 2. The molecule has 0 aliphatic carbocycles. The summed E-state index contributed by atoms with van der Waals surface area (Å²) in [6.45, 7) is 0. The molecule has 0 bridgehead atoms. The van der Waals surface area contributed by atoms with Crippen LogP contribution in [-0.4, -0.2) is 26.7 Å². The van der Waals surface area contributed by atoms with Crippen molar-refractivity contribution in [2.45, 2.75) is 0 Å². The standard InChI is InChI=1S/C21H14ClN3O3/c22-14-9-10-19(26)15(11-14)20(27)24-17-7-4-8-18-16(17)12-23-25(18)21(28)13-5-2-1-3-6-13/h1-12,26H,(H,24,27). The number of fused-ring (bicyclic) bond motifs is 1. The van der Waals surface area contributed by atoms with E-state index in [-0.39, 0.29) is 17.2 Å². The lowest BCUT2D eigenvalue weighted by molar-refractivity contribution is 0.0949. The molecule has 4 aromatic rings. The molecule has 1 aromatic heterocycles. The molecule has 2 N–H and O–H groups in total. The molecule has 0 saturated carbocycles. The van der Waals surface area contributed by atoms with Crippen LogP contribution in [0.3, 0.4) is 0 Å². The Morgan fingerprint density at radius 3 is 2.57 bits per heavy atom. The van der Waals surface area contributed by atoms with E-state index in [1.54, 1.807) is 42.5 Å². The van der Waals surface area contributed by atoms with Crippen molar-refractivity contribution in [3.05, 3.63) is 89.1 Å². The number of hydrogen-bond donors (Lipinski definition) is 2. The highest BCUT2D eigenvalue weighted by molar-refractivity contribution is 6.31. The number of halogens is 1. The van der Waals surface area contributed by atoms with Crippen molar-refractivity contribution in [1.29, 1.82) is 0 Å². The van der Waals surface area contributed by atoms with E-state index in [9.17, 15) is 14.7 Å². The summed E-state index contributed by atoms with van der Waals surface area (Å²) >= 11 is 5.91. The molecule has 0 fully saturated rings. The second-order valence-electron chi connectivity index (χ2n) is 6.08. The summed E-state index contributed by atoms with van der Waals surface area (Å²) in [5, 5.41) is 17.8. The summed E-state index contributed by atoms with van der Waals surface area (Å²) < 4.78 is 1.29. The van der Waals surface area contributed by atoms with E-state index in [1.807, 2.05) is 6.07 Å². The van der Waals surface area contributed by atoms with Gasteiger partial charge in [-0.05, 0) is 42.5 Å². The van der Waals surface area contributed by atoms with Crippen LogP contribution in [0.2, 0.25) is 5.02 Å². The number of aromatic nitrogens is 2. The maximum absolute atomic E-state index is 12.7. The fourth-order valence-electron chi connectivity index (χ4n) is 2.90. The van der Waals surface area contributed by atoms with Crippen LogP contribution in [0.25, 0.3) is 10.9 Å². The first-order chi connectivity index (χ1) is 13.5. The molecule has 28 heavy (non-hydrogen) atoms. The van der Waals surface area contributed by atoms with Crippen LogP contribution in [0.1, 0.15) is 20.7 Å². The highest BCUT2D eigenvalue weighted by Crippen LogP contribution is 2.27. The Morgan fingerprint density at radius 1 is 1.00 bits per heavy atom. The van der Waals surface area contributed by atoms with E-state index >= 15 is 0 Å². The smallest absolute Gasteiger partial charge is 0.278 e. The maximum atomic E-state index is 12.7. The topological polar surface area (TPSA) is 84.2 Å². The van der Waals surface area contributed by atoms with Gasteiger partial charge in [-0.15, -0.1) is 0 Å². The quantitative estimate of drug-likeness (QED) is 0.544. The van der Waals surface area contributed by atoms with Crippen LogP contribution in [0.5, 0.6) is 5.75 Å². The number of nitrogens with zero attached hydrogens (tertiary/aromatic N) is 2. The summed E-state index contributed by atoms with van der Waals surface area (Å²) in [5.41, 5.74) is 1.58. The lowest BCUT2D eigenvalue weighted by Crippen LogP contribution is -2.14. The van der Waals surface area contributed by atoms with E-state index < -0.39 is 5.91 Å². The highest BCUT2D eigenvalue weighted by atomic mass is 35.5. The molecule has 1 amide bonds. The van der Waals surface area contributed by atoms with Crippen LogP contribution in [-0.2, 0) is 0 Å². The Hall–Kier alpha value is -3.64. The molecule has 3 aromatic carbocycles. The molecule has 0 aliphatic heterocycles. The number of hydrogen-bond acceptors (Lipinski definition) is 4. The maximum Gasteiger partial charge on any atom is 0.278 e. The van der Waals surface area contributed by atoms with Crippen molar-refractivity contribution in [1.82, 2.24) is 9.78 Å². The van der Waals surface area contributed by atoms with Gasteiger partial charge in [0, 0.05) is 16.0 Å². The van der Waals surface area contributed by atoms with Gasteiger partial charge in [0.1, 0.15) is 5.75 Å². The van der Waals surface area contributed by atoms with Crippen molar-refractivity contribution in [3.8, 4) is 5.75 Å². The Bertz CT molecular complexity index is 1200. The van der Waals surface area contributed by atoms with Crippen molar-refractivity contribution in [2.24, 2.45) is 0 Å². The molecule has 7 heteroatoms. The fraction of sp³-hybridized carbons (Fsp3) is 0. The zero-order chi connectivity index (χ0) is 19.7. The van der Waals surface area contributed by atoms with Gasteiger partial charge in [0.2, 0.25) is 0 Å². The lowest BCUT2D eigenvalue weighted by atomic mass is 10.1. The van der Waals surface area contributed by atoms with Crippen LogP contribution in [0.4, 0.5) is 5.69 Å². The van der Waals surface area contributed by atoms with Crippen LogP contribution >= 0.6 is 11.6 Å². The van der Waals surface area contributed by atoms with E-state index in [1.165, 1.54) is 29.1 Å². The van der Waals surface area contributed by atoms with Gasteiger partial charge in [0.15, 0.2) is 0 Å². The number of aromatic hydroxyl groups is 1. The summed E-state index contributed by atoms with van der Waals surface area (Å²) in [5.74, 6) is -0.967. The van der Waals surface area contributed by atoms with Gasteiger partial charge in [-0.3, -0.25) is 9.59 Å². The minimum atomic E-state index is -0.519. The Balaban J connectivity index is 1.70. The third-order valence-electron chi connectivity index (χ3n) is 4.28. The predicted octanol–water partition coefficient (Wildman–Crippen LogP) is 4.34. The third kappa shape index (κ3) is 3.21. The summed E-state index contributed by atoms with van der Waals surface area (Å²) in [6, 6.07) is 18.2. The Morgan fingerprint density at radius 2 is 1.79 bits per heavy atom. The first-order valence-electron chi connectivity index (χ1n) is 8.41. The third-order valence-corrected chi connectivity index (χ3v) is 4.51. The Labute approximate surface area is 165 Å². The lowest BCUT2D eigenvalue weighted by Gasteiger charge is -2.09. The second kappa shape index (κ2) is 7.17. The molecule has 0 aliphatic rings. The van der Waals surface area contributed by atoms with Gasteiger partial charge in [-0.1, -0.05) is 35.9 Å². The molecule has 0 saturated heterocycles. The van der Waals surface area contributed by atoms with Crippen molar-refractivity contribution < 1.29 is 14.7 Å². The van der Waals surface area contributed by atoms with Gasteiger partial charge in [0.05, 0.1) is 23.0 Å². The fourth-order valence-corrected chi connectivity index (χ4v) is 3.08. The van der Waals surface area contributed by atoms with Crippen LogP contribution in [0, 0.1) is 0 Å². The van der Waals surface area contributed by atoms with Crippen molar-refractivity contribution in [3.63, 3.8) is 0 Å². The predicted molar refractivity (Wildman–Crippen MR) is 107 cm³/mol. The number of phenolic OH excluding ortho intramolecular Hbond substituents is 1. The molecule has 0 radical (unpaired) electrons. The van der Waals surface area contributed by atoms with Crippen LogP contribution < -0.4 is 5.32 Å².